The normalized spacial score (nSPS) is 17.4. The van der Waals surface area contributed by atoms with Crippen LogP contribution in [0.25, 0.3) is 5.76 Å². The summed E-state index contributed by atoms with van der Waals surface area (Å²) in [5.74, 6) is -0.958. The van der Waals surface area contributed by atoms with E-state index in [9.17, 15) is 14.7 Å². The Balaban J connectivity index is 1.86. The van der Waals surface area contributed by atoms with Gasteiger partial charge < -0.3 is 9.84 Å². The van der Waals surface area contributed by atoms with Gasteiger partial charge in [0.05, 0.1) is 18.2 Å². The Bertz CT molecular complexity index is 1220. The molecule has 6 nitrogen and oxygen atoms in total. The molecule has 0 radical (unpaired) electrons. The van der Waals surface area contributed by atoms with E-state index in [1.165, 1.54) is 4.90 Å². The Morgan fingerprint density at radius 3 is 2.52 bits per heavy atom. The molecule has 0 aliphatic carbocycles. The van der Waals surface area contributed by atoms with Gasteiger partial charge in [-0.2, -0.15) is 0 Å². The predicted octanol–water partition coefficient (Wildman–Crippen LogP) is 5.11. The minimum atomic E-state index is -0.796. The van der Waals surface area contributed by atoms with Gasteiger partial charge in [-0.3, -0.25) is 19.5 Å². The number of hydrogen-bond donors (Lipinski definition) is 1. The number of anilines is 1. The average molecular weight is 443 g/mol. The molecule has 4 rings (SSSR count). The van der Waals surface area contributed by atoms with Crippen LogP contribution in [-0.4, -0.2) is 28.4 Å². The van der Waals surface area contributed by atoms with Crippen molar-refractivity contribution >= 4 is 23.1 Å². The number of hydrogen-bond acceptors (Lipinski definition) is 5. The van der Waals surface area contributed by atoms with Crippen molar-refractivity contribution < 1.29 is 19.4 Å². The number of ether oxygens (including phenoxy) is 1. The topological polar surface area (TPSA) is 79.7 Å². The summed E-state index contributed by atoms with van der Waals surface area (Å²) >= 11 is 0. The largest absolute Gasteiger partial charge is 0.507 e. The summed E-state index contributed by atoms with van der Waals surface area (Å²) in [6.07, 6.45) is 4.13. The second-order valence-electron chi connectivity index (χ2n) is 8.12. The zero-order chi connectivity index (χ0) is 23.5. The second kappa shape index (κ2) is 9.28. The van der Waals surface area contributed by atoms with Crippen LogP contribution in [0.5, 0.6) is 5.75 Å². The Hall–Kier alpha value is -3.93. The monoisotopic (exact) mass is 442 g/mol. The molecular weight excluding hydrogens is 416 g/mol. The highest BCUT2D eigenvalue weighted by Gasteiger charge is 2.47. The molecule has 1 unspecified atom stereocenters. The highest BCUT2D eigenvalue weighted by molar-refractivity contribution is 6.51. The van der Waals surface area contributed by atoms with Crippen molar-refractivity contribution in [1.29, 1.82) is 0 Å². The molecule has 33 heavy (non-hydrogen) atoms. The number of carbonyl (C=O) groups is 2. The Morgan fingerprint density at radius 1 is 1.09 bits per heavy atom. The third-order valence-corrected chi connectivity index (χ3v) is 5.67. The van der Waals surface area contributed by atoms with E-state index in [2.05, 4.69) is 4.98 Å². The fraction of sp³-hybridized carbons (Fsp3) is 0.222. The Kier molecular flexibility index (Phi) is 6.27. The number of aliphatic hydroxyl groups excluding tert-OH is 1. The number of nitrogens with zero attached hydrogens (tertiary/aromatic N) is 2. The summed E-state index contributed by atoms with van der Waals surface area (Å²) in [5.41, 5.74) is 3.57. The van der Waals surface area contributed by atoms with Crippen LogP contribution in [0.15, 0.2) is 72.6 Å². The van der Waals surface area contributed by atoms with E-state index >= 15 is 0 Å². The summed E-state index contributed by atoms with van der Waals surface area (Å²) in [7, 11) is 0. The van der Waals surface area contributed by atoms with E-state index in [-0.39, 0.29) is 11.3 Å². The molecular formula is C27H26N2O4. The van der Waals surface area contributed by atoms with Crippen LogP contribution in [-0.2, 0) is 9.59 Å². The zero-order valence-corrected chi connectivity index (χ0v) is 18.9. The van der Waals surface area contributed by atoms with Gasteiger partial charge in [-0.25, -0.2) is 0 Å². The highest BCUT2D eigenvalue weighted by Crippen LogP contribution is 2.43. The van der Waals surface area contributed by atoms with Gasteiger partial charge in [-0.05, 0) is 73.4 Å². The van der Waals surface area contributed by atoms with Crippen molar-refractivity contribution in [2.75, 3.05) is 11.5 Å². The lowest BCUT2D eigenvalue weighted by atomic mass is 9.96. The van der Waals surface area contributed by atoms with Crippen LogP contribution in [0.3, 0.4) is 0 Å². The molecule has 1 atom stereocenters. The molecule has 1 N–H and O–H groups in total. The van der Waals surface area contributed by atoms with Crippen LogP contribution >= 0.6 is 0 Å². The standard InChI is InChI=1S/C27H26N2O4/c1-4-14-33-21-11-9-19(10-12-21)25(30)23-24(20-6-5-13-28-16-20)29(27(32)26(23)31)22-15-17(2)7-8-18(22)3/h5-13,15-16,24,30H,4,14H2,1-3H3/b25-23+. The molecule has 2 heterocycles. The smallest absolute Gasteiger partial charge is 0.300 e. The molecule has 0 saturated carbocycles. The SMILES string of the molecule is CCCOc1ccc(/C(O)=C2\C(=O)C(=O)N(c3cc(C)ccc3C)C2c2cccnc2)cc1. The summed E-state index contributed by atoms with van der Waals surface area (Å²) in [4.78, 5) is 32.1. The van der Waals surface area contributed by atoms with Crippen LogP contribution in [0.4, 0.5) is 5.69 Å². The molecule has 1 fully saturated rings. The van der Waals surface area contributed by atoms with Crippen molar-refractivity contribution in [2.24, 2.45) is 0 Å². The molecule has 0 spiro atoms. The lowest BCUT2D eigenvalue weighted by molar-refractivity contribution is -0.132. The number of Topliss-reactive ketones (excluding diaryl/α,β-unsaturated/α-hetero) is 1. The van der Waals surface area contributed by atoms with Crippen molar-refractivity contribution in [3.05, 3.63) is 94.8 Å². The first kappa shape index (κ1) is 22.3. The lowest BCUT2D eigenvalue weighted by Crippen LogP contribution is -2.30. The van der Waals surface area contributed by atoms with Gasteiger partial charge in [-0.1, -0.05) is 25.1 Å². The number of pyridine rings is 1. The van der Waals surface area contributed by atoms with Crippen molar-refractivity contribution in [3.63, 3.8) is 0 Å². The van der Waals surface area contributed by atoms with Crippen molar-refractivity contribution in [2.45, 2.75) is 33.2 Å². The van der Waals surface area contributed by atoms with Crippen LogP contribution < -0.4 is 9.64 Å². The summed E-state index contributed by atoms with van der Waals surface area (Å²) in [6, 6.07) is 15.4. The fourth-order valence-electron chi connectivity index (χ4n) is 4.00. The number of amides is 1. The molecule has 1 amide bonds. The highest BCUT2D eigenvalue weighted by atomic mass is 16.5. The van der Waals surface area contributed by atoms with Gasteiger partial charge in [0, 0.05) is 23.6 Å². The van der Waals surface area contributed by atoms with Gasteiger partial charge in [0.25, 0.3) is 11.7 Å². The van der Waals surface area contributed by atoms with Crippen LogP contribution in [0.2, 0.25) is 0 Å². The number of rotatable bonds is 6. The summed E-state index contributed by atoms with van der Waals surface area (Å²) in [6.45, 7) is 6.44. The number of aliphatic hydroxyl groups is 1. The first-order valence-corrected chi connectivity index (χ1v) is 10.9. The maximum atomic E-state index is 13.3. The quantitative estimate of drug-likeness (QED) is 0.326. The molecule has 3 aromatic rings. The first-order chi connectivity index (χ1) is 15.9. The minimum Gasteiger partial charge on any atom is -0.507 e. The Morgan fingerprint density at radius 2 is 1.85 bits per heavy atom. The lowest BCUT2D eigenvalue weighted by Gasteiger charge is -2.27. The van der Waals surface area contributed by atoms with E-state index in [0.717, 1.165) is 17.5 Å². The van der Waals surface area contributed by atoms with E-state index in [1.54, 1.807) is 48.8 Å². The summed E-state index contributed by atoms with van der Waals surface area (Å²) < 4.78 is 5.61. The third-order valence-electron chi connectivity index (χ3n) is 5.67. The molecule has 1 aliphatic rings. The average Bonchev–Trinajstić information content (AvgIpc) is 3.10. The molecule has 168 valence electrons. The number of aromatic nitrogens is 1. The third kappa shape index (κ3) is 4.24. The number of benzene rings is 2. The number of aryl methyl sites for hydroxylation is 2. The number of carbonyl (C=O) groups excluding carboxylic acids is 2. The van der Waals surface area contributed by atoms with E-state index in [0.29, 0.717) is 29.2 Å². The second-order valence-corrected chi connectivity index (χ2v) is 8.12. The van der Waals surface area contributed by atoms with Crippen molar-refractivity contribution in [3.8, 4) is 5.75 Å². The van der Waals surface area contributed by atoms with Crippen molar-refractivity contribution in [1.82, 2.24) is 4.98 Å². The van der Waals surface area contributed by atoms with E-state index < -0.39 is 17.7 Å². The van der Waals surface area contributed by atoms with E-state index in [4.69, 9.17) is 4.74 Å². The molecule has 1 aliphatic heterocycles. The summed E-state index contributed by atoms with van der Waals surface area (Å²) in [5, 5.41) is 11.2. The number of ketones is 1. The molecule has 0 bridgehead atoms. The van der Waals surface area contributed by atoms with Crippen LogP contribution in [0.1, 0.15) is 41.6 Å². The zero-order valence-electron chi connectivity index (χ0n) is 18.9. The molecule has 6 heteroatoms. The maximum Gasteiger partial charge on any atom is 0.300 e. The van der Waals surface area contributed by atoms with Gasteiger partial charge in [0.1, 0.15) is 11.5 Å². The first-order valence-electron chi connectivity index (χ1n) is 10.9. The fourth-order valence-corrected chi connectivity index (χ4v) is 4.00. The van der Waals surface area contributed by atoms with Gasteiger partial charge in [-0.15, -0.1) is 0 Å². The Labute approximate surface area is 193 Å². The maximum absolute atomic E-state index is 13.3. The minimum absolute atomic E-state index is 0.0381. The predicted molar refractivity (Wildman–Crippen MR) is 127 cm³/mol. The van der Waals surface area contributed by atoms with Gasteiger partial charge in [0.2, 0.25) is 0 Å². The molecule has 2 aromatic carbocycles. The van der Waals surface area contributed by atoms with Gasteiger partial charge in [0.15, 0.2) is 0 Å². The van der Waals surface area contributed by atoms with E-state index in [1.807, 2.05) is 39.0 Å². The molecule has 1 aromatic heterocycles. The van der Waals surface area contributed by atoms with Crippen LogP contribution in [0, 0.1) is 13.8 Å². The van der Waals surface area contributed by atoms with Gasteiger partial charge >= 0.3 is 0 Å². The molecule has 1 saturated heterocycles.